The van der Waals surface area contributed by atoms with E-state index in [4.69, 9.17) is 9.84 Å². The molecule has 2 atom stereocenters. The lowest BCUT2D eigenvalue weighted by molar-refractivity contribution is -0.145. The molecule has 6 heteroatoms. The first-order valence-electron chi connectivity index (χ1n) is 10.5. The van der Waals surface area contributed by atoms with Crippen LogP contribution in [0.2, 0.25) is 0 Å². The molecule has 0 bridgehead atoms. The van der Waals surface area contributed by atoms with Gasteiger partial charge in [0.25, 0.3) is 0 Å². The maximum atomic E-state index is 13.0. The molecule has 0 radical (unpaired) electrons. The summed E-state index contributed by atoms with van der Waals surface area (Å²) in [4.78, 5) is 17.6. The monoisotopic (exact) mass is 376 g/mol. The van der Waals surface area contributed by atoms with Crippen molar-refractivity contribution in [3.8, 4) is 0 Å². The van der Waals surface area contributed by atoms with Gasteiger partial charge < -0.3 is 9.64 Å². The highest BCUT2D eigenvalue weighted by Crippen LogP contribution is 2.26. The maximum absolute atomic E-state index is 13.0. The van der Waals surface area contributed by atoms with Gasteiger partial charge in [-0.3, -0.25) is 14.4 Å². The zero-order valence-corrected chi connectivity index (χ0v) is 17.9. The molecule has 152 valence electrons. The molecule has 6 nitrogen and oxygen atoms in total. The van der Waals surface area contributed by atoms with Gasteiger partial charge in [-0.2, -0.15) is 5.10 Å². The quantitative estimate of drug-likeness (QED) is 0.811. The van der Waals surface area contributed by atoms with Crippen LogP contribution >= 0.6 is 0 Å². The van der Waals surface area contributed by atoms with E-state index in [9.17, 15) is 4.79 Å². The van der Waals surface area contributed by atoms with Crippen molar-refractivity contribution in [1.82, 2.24) is 19.6 Å². The lowest BCUT2D eigenvalue weighted by atomic mass is 9.95. The lowest BCUT2D eigenvalue weighted by Crippen LogP contribution is -2.59. The number of hydrogen-bond donors (Lipinski definition) is 0. The lowest BCUT2D eigenvalue weighted by Gasteiger charge is -2.46. The van der Waals surface area contributed by atoms with Gasteiger partial charge in [-0.05, 0) is 54.4 Å². The van der Waals surface area contributed by atoms with Crippen molar-refractivity contribution < 1.29 is 9.53 Å². The third-order valence-corrected chi connectivity index (χ3v) is 6.57. The summed E-state index contributed by atoms with van der Waals surface area (Å²) in [7, 11) is 0. The van der Waals surface area contributed by atoms with Crippen molar-refractivity contribution in [3.05, 3.63) is 17.0 Å². The number of hydrogen-bond acceptors (Lipinski definition) is 4. The molecule has 0 N–H and O–H groups in total. The Morgan fingerprint density at radius 1 is 1.15 bits per heavy atom. The number of amides is 1. The zero-order chi connectivity index (χ0) is 19.7. The molecule has 1 aromatic heterocycles. The van der Waals surface area contributed by atoms with Crippen LogP contribution in [0.3, 0.4) is 0 Å². The molecule has 0 saturated carbocycles. The van der Waals surface area contributed by atoms with E-state index in [0.717, 1.165) is 51.4 Å². The third kappa shape index (κ3) is 4.06. The molecule has 1 aromatic rings. The fraction of sp³-hybridized carbons (Fsp3) is 0.810. The molecule has 2 aliphatic rings. The maximum Gasteiger partial charge on any atom is 0.226 e. The zero-order valence-electron chi connectivity index (χ0n) is 17.9. The van der Waals surface area contributed by atoms with Crippen LogP contribution in [0.15, 0.2) is 0 Å². The van der Waals surface area contributed by atoms with Gasteiger partial charge >= 0.3 is 0 Å². The summed E-state index contributed by atoms with van der Waals surface area (Å²) in [6.07, 6.45) is 1.74. The average Bonchev–Trinajstić information content (AvgIpc) is 2.94. The summed E-state index contributed by atoms with van der Waals surface area (Å²) in [6, 6.07) is 0.946. The molecule has 3 rings (SSSR count). The molecular weight excluding hydrogens is 340 g/mol. The van der Waals surface area contributed by atoms with Gasteiger partial charge in [0.05, 0.1) is 5.69 Å². The highest BCUT2D eigenvalue weighted by Gasteiger charge is 2.37. The number of rotatable bonds is 4. The van der Waals surface area contributed by atoms with E-state index in [0.29, 0.717) is 18.0 Å². The van der Waals surface area contributed by atoms with Crippen LogP contribution in [0.5, 0.6) is 0 Å². The minimum atomic E-state index is 0.147. The fourth-order valence-corrected chi connectivity index (χ4v) is 4.55. The van der Waals surface area contributed by atoms with Crippen LogP contribution < -0.4 is 0 Å². The molecule has 0 aliphatic carbocycles. The Morgan fingerprint density at radius 2 is 1.81 bits per heavy atom. The topological polar surface area (TPSA) is 50.6 Å². The Kier molecular flexibility index (Phi) is 6.26. The van der Waals surface area contributed by atoms with Crippen LogP contribution in [-0.4, -0.2) is 63.9 Å². The predicted molar refractivity (Wildman–Crippen MR) is 107 cm³/mol. The number of carbonyl (C=O) groups excluding carboxylic acids is 1. The second-order valence-corrected chi connectivity index (χ2v) is 8.56. The van der Waals surface area contributed by atoms with Crippen molar-refractivity contribution in [1.29, 1.82) is 0 Å². The summed E-state index contributed by atoms with van der Waals surface area (Å²) in [5, 5.41) is 4.74. The molecule has 0 aromatic carbocycles. The minimum absolute atomic E-state index is 0.147. The first-order chi connectivity index (χ1) is 12.8. The fourth-order valence-electron chi connectivity index (χ4n) is 4.55. The van der Waals surface area contributed by atoms with Gasteiger partial charge in [-0.15, -0.1) is 0 Å². The predicted octanol–water partition coefficient (Wildman–Crippen LogP) is 2.93. The molecule has 27 heavy (non-hydrogen) atoms. The van der Waals surface area contributed by atoms with Crippen LogP contribution in [0.25, 0.3) is 0 Å². The molecule has 2 aliphatic heterocycles. The number of carbonyl (C=O) groups is 1. The Bertz CT molecular complexity index is 663. The van der Waals surface area contributed by atoms with E-state index in [1.807, 2.05) is 0 Å². The molecule has 0 unspecified atom stereocenters. The summed E-state index contributed by atoms with van der Waals surface area (Å²) >= 11 is 0. The summed E-state index contributed by atoms with van der Waals surface area (Å²) < 4.78 is 7.55. The van der Waals surface area contributed by atoms with Crippen molar-refractivity contribution in [3.63, 3.8) is 0 Å². The van der Waals surface area contributed by atoms with E-state index >= 15 is 0 Å². The van der Waals surface area contributed by atoms with E-state index < -0.39 is 0 Å². The van der Waals surface area contributed by atoms with Crippen molar-refractivity contribution in [2.24, 2.45) is 5.92 Å². The van der Waals surface area contributed by atoms with Crippen LogP contribution in [0, 0.1) is 19.8 Å². The first-order valence-corrected chi connectivity index (χ1v) is 10.5. The first kappa shape index (κ1) is 20.3. The number of ether oxygens (including phenoxy) is 1. The second-order valence-electron chi connectivity index (χ2n) is 8.56. The van der Waals surface area contributed by atoms with Gasteiger partial charge in [0, 0.05) is 68.1 Å². The van der Waals surface area contributed by atoms with Gasteiger partial charge in [0.15, 0.2) is 0 Å². The summed E-state index contributed by atoms with van der Waals surface area (Å²) in [5.41, 5.74) is 3.73. The van der Waals surface area contributed by atoms with Gasteiger partial charge in [-0.1, -0.05) is 0 Å². The largest absolute Gasteiger partial charge is 0.381 e. The molecule has 3 heterocycles. The molecule has 1 amide bonds. The highest BCUT2D eigenvalue weighted by molar-refractivity contribution is 5.79. The Labute approximate surface area is 163 Å². The van der Waals surface area contributed by atoms with Crippen molar-refractivity contribution in [2.75, 3.05) is 26.3 Å². The number of aryl methyl sites for hydroxylation is 1. The van der Waals surface area contributed by atoms with Crippen molar-refractivity contribution >= 4 is 5.91 Å². The van der Waals surface area contributed by atoms with E-state index in [2.05, 4.69) is 56.0 Å². The number of aromatic nitrogens is 2. The standard InChI is InChI=1S/C21H36N4O2/c1-14(2)25-18(6)20(15(3)22-25)13-23-9-10-24(17(5)16(23)4)21(26)19-7-11-27-12-8-19/h14,16-17,19H,7-13H2,1-6H3/t16-,17-/m1/s1. The Balaban J connectivity index is 1.68. The number of piperazine rings is 1. The molecule has 0 spiro atoms. The van der Waals surface area contributed by atoms with Crippen LogP contribution in [0.4, 0.5) is 0 Å². The van der Waals surface area contributed by atoms with Crippen molar-refractivity contribution in [2.45, 2.75) is 79.1 Å². The van der Waals surface area contributed by atoms with Gasteiger partial charge in [-0.25, -0.2) is 0 Å². The molecule has 2 saturated heterocycles. The van der Waals surface area contributed by atoms with E-state index in [-0.39, 0.29) is 12.0 Å². The van der Waals surface area contributed by atoms with E-state index in [1.54, 1.807) is 0 Å². The van der Waals surface area contributed by atoms with E-state index in [1.165, 1.54) is 11.3 Å². The van der Waals surface area contributed by atoms with Crippen LogP contribution in [0.1, 0.15) is 63.5 Å². The summed E-state index contributed by atoms with van der Waals surface area (Å²) in [6.45, 7) is 17.2. The molecular formula is C21H36N4O2. The van der Waals surface area contributed by atoms with Crippen LogP contribution in [-0.2, 0) is 16.1 Å². The SMILES string of the molecule is Cc1nn(C(C)C)c(C)c1CN1CCN(C(=O)C2CCOCC2)[C@H](C)[C@H]1C. The number of nitrogens with zero attached hydrogens (tertiary/aromatic N) is 4. The smallest absolute Gasteiger partial charge is 0.226 e. The Morgan fingerprint density at radius 3 is 2.41 bits per heavy atom. The third-order valence-electron chi connectivity index (χ3n) is 6.57. The summed E-state index contributed by atoms with van der Waals surface area (Å²) in [5.74, 6) is 0.478. The Hall–Kier alpha value is -1.40. The second kappa shape index (κ2) is 8.31. The molecule has 2 fully saturated rings. The highest BCUT2D eigenvalue weighted by atomic mass is 16.5. The van der Waals surface area contributed by atoms with Gasteiger partial charge in [0.1, 0.15) is 0 Å². The average molecular weight is 377 g/mol. The van der Waals surface area contributed by atoms with Gasteiger partial charge in [0.2, 0.25) is 5.91 Å². The normalized spacial score (nSPS) is 25.4. The minimum Gasteiger partial charge on any atom is -0.381 e.